The van der Waals surface area contributed by atoms with E-state index in [1.165, 1.54) is 41.7 Å². The van der Waals surface area contributed by atoms with Gasteiger partial charge < -0.3 is 5.32 Å². The SMILES string of the molecule is O=C(NC1CCN(Cc2ccccc2)CC1)C1=Cc2sc3c(c2CS1)CCCC3. The van der Waals surface area contributed by atoms with Gasteiger partial charge in [0.25, 0.3) is 5.91 Å². The molecule has 1 aliphatic carbocycles. The van der Waals surface area contributed by atoms with Gasteiger partial charge in [0.2, 0.25) is 0 Å². The number of thiophene rings is 1. The van der Waals surface area contributed by atoms with Gasteiger partial charge in [0, 0.05) is 41.2 Å². The van der Waals surface area contributed by atoms with Crippen LogP contribution in [0.3, 0.4) is 0 Å². The third kappa shape index (κ3) is 4.32. The molecule has 1 aromatic carbocycles. The number of nitrogens with zero attached hydrogens (tertiary/aromatic N) is 1. The first kappa shape index (κ1) is 19.4. The highest BCUT2D eigenvalue weighted by Gasteiger charge is 2.27. The van der Waals surface area contributed by atoms with Crippen molar-refractivity contribution in [3.8, 4) is 0 Å². The molecule has 0 bridgehead atoms. The minimum atomic E-state index is 0.133. The lowest BCUT2D eigenvalue weighted by Gasteiger charge is -2.32. The highest BCUT2D eigenvalue weighted by atomic mass is 32.2. The molecule has 5 heteroatoms. The second-order valence-electron chi connectivity index (χ2n) is 8.36. The van der Waals surface area contributed by atoms with Crippen molar-refractivity contribution in [2.24, 2.45) is 0 Å². The zero-order valence-electron chi connectivity index (χ0n) is 16.8. The van der Waals surface area contributed by atoms with Gasteiger partial charge in [0.05, 0.1) is 4.91 Å². The van der Waals surface area contributed by atoms with E-state index in [2.05, 4.69) is 46.6 Å². The molecule has 1 fully saturated rings. The number of nitrogens with one attached hydrogen (secondary N) is 1. The van der Waals surface area contributed by atoms with Crippen molar-refractivity contribution in [2.45, 2.75) is 56.9 Å². The van der Waals surface area contributed by atoms with Gasteiger partial charge in [-0.25, -0.2) is 0 Å². The fourth-order valence-corrected chi connectivity index (χ4v) is 7.25. The summed E-state index contributed by atoms with van der Waals surface area (Å²) in [7, 11) is 0. The summed E-state index contributed by atoms with van der Waals surface area (Å²) in [5.74, 6) is 1.10. The molecule has 1 saturated heterocycles. The topological polar surface area (TPSA) is 32.3 Å². The first-order chi connectivity index (χ1) is 14.3. The van der Waals surface area contributed by atoms with Gasteiger partial charge in [-0.1, -0.05) is 30.3 Å². The van der Waals surface area contributed by atoms with Crippen LogP contribution in [0.25, 0.3) is 6.08 Å². The molecule has 0 spiro atoms. The quantitative estimate of drug-likeness (QED) is 0.750. The van der Waals surface area contributed by atoms with Crippen LogP contribution >= 0.6 is 23.1 Å². The van der Waals surface area contributed by atoms with Gasteiger partial charge in [0.15, 0.2) is 0 Å². The molecule has 0 radical (unpaired) electrons. The number of carbonyl (C=O) groups is 1. The van der Waals surface area contributed by atoms with Crippen LogP contribution in [0, 0.1) is 0 Å². The van der Waals surface area contributed by atoms with Gasteiger partial charge in [-0.2, -0.15) is 0 Å². The van der Waals surface area contributed by atoms with E-state index in [1.807, 2.05) is 11.3 Å². The van der Waals surface area contributed by atoms with Crippen LogP contribution < -0.4 is 5.32 Å². The van der Waals surface area contributed by atoms with Gasteiger partial charge >= 0.3 is 0 Å². The van der Waals surface area contributed by atoms with Crippen LogP contribution in [0.2, 0.25) is 0 Å². The van der Waals surface area contributed by atoms with Crippen molar-refractivity contribution in [1.82, 2.24) is 10.2 Å². The monoisotopic (exact) mass is 424 g/mol. The number of thioether (sulfide) groups is 1. The number of amides is 1. The van der Waals surface area contributed by atoms with E-state index in [1.54, 1.807) is 22.2 Å². The molecule has 3 heterocycles. The van der Waals surface area contributed by atoms with Crippen LogP contribution in [-0.2, 0) is 29.9 Å². The number of benzene rings is 1. The van der Waals surface area contributed by atoms with Gasteiger partial charge in [-0.05, 0) is 61.3 Å². The summed E-state index contributed by atoms with van der Waals surface area (Å²) in [6, 6.07) is 11.0. The van der Waals surface area contributed by atoms with Gasteiger partial charge in [0.1, 0.15) is 0 Å². The number of hydrogen-bond acceptors (Lipinski definition) is 4. The van der Waals surface area contributed by atoms with Crippen molar-refractivity contribution in [2.75, 3.05) is 13.1 Å². The molecule has 3 nitrogen and oxygen atoms in total. The molecule has 0 saturated carbocycles. The fourth-order valence-electron chi connectivity index (χ4n) is 4.70. The summed E-state index contributed by atoms with van der Waals surface area (Å²) in [6.07, 6.45) is 9.34. The van der Waals surface area contributed by atoms with Crippen molar-refractivity contribution < 1.29 is 4.79 Å². The summed E-state index contributed by atoms with van der Waals surface area (Å²) in [4.78, 5) is 19.2. The summed E-state index contributed by atoms with van der Waals surface area (Å²) >= 11 is 3.66. The number of likely N-dealkylation sites (tertiary alicyclic amines) is 1. The number of aryl methyl sites for hydroxylation is 1. The van der Waals surface area contributed by atoms with Crippen molar-refractivity contribution in [1.29, 1.82) is 0 Å². The summed E-state index contributed by atoms with van der Waals surface area (Å²) in [6.45, 7) is 3.11. The van der Waals surface area contributed by atoms with Crippen molar-refractivity contribution in [3.63, 3.8) is 0 Å². The molecule has 1 amide bonds. The molecule has 29 heavy (non-hydrogen) atoms. The summed E-state index contributed by atoms with van der Waals surface area (Å²) in [5.41, 5.74) is 4.49. The van der Waals surface area contributed by atoms with E-state index in [9.17, 15) is 4.79 Å². The summed E-state index contributed by atoms with van der Waals surface area (Å²) < 4.78 is 0. The zero-order chi connectivity index (χ0) is 19.6. The van der Waals surface area contributed by atoms with Crippen molar-refractivity contribution in [3.05, 3.63) is 61.7 Å². The number of hydrogen-bond donors (Lipinski definition) is 1. The highest BCUT2D eigenvalue weighted by Crippen LogP contribution is 2.42. The lowest BCUT2D eigenvalue weighted by Crippen LogP contribution is -2.44. The fraction of sp³-hybridized carbons (Fsp3) is 0.458. The molecule has 0 unspecified atom stereocenters. The number of rotatable bonds is 4. The Bertz CT molecular complexity index is 910. The molecule has 152 valence electrons. The van der Waals surface area contributed by atoms with E-state index in [-0.39, 0.29) is 5.91 Å². The third-order valence-electron chi connectivity index (χ3n) is 6.34. The van der Waals surface area contributed by atoms with E-state index in [4.69, 9.17) is 0 Å². The van der Waals surface area contributed by atoms with Crippen LogP contribution in [0.1, 0.15) is 52.1 Å². The average Bonchev–Trinajstić information content (AvgIpc) is 3.14. The lowest BCUT2D eigenvalue weighted by molar-refractivity contribution is -0.117. The maximum absolute atomic E-state index is 12.9. The minimum absolute atomic E-state index is 0.133. The Hall–Kier alpha value is -1.56. The second kappa shape index (κ2) is 8.66. The van der Waals surface area contributed by atoms with E-state index >= 15 is 0 Å². The Morgan fingerprint density at radius 3 is 2.69 bits per heavy atom. The Kier molecular flexibility index (Phi) is 5.80. The highest BCUT2D eigenvalue weighted by molar-refractivity contribution is 8.03. The molecular formula is C24H28N2OS2. The largest absolute Gasteiger partial charge is 0.349 e. The predicted molar refractivity (Wildman–Crippen MR) is 123 cm³/mol. The normalized spacial score (nSPS) is 19.9. The molecular weight excluding hydrogens is 396 g/mol. The van der Waals surface area contributed by atoms with E-state index < -0.39 is 0 Å². The predicted octanol–water partition coefficient (Wildman–Crippen LogP) is 5.00. The molecule has 1 aromatic heterocycles. The maximum atomic E-state index is 12.9. The van der Waals surface area contributed by atoms with Crippen LogP contribution in [0.15, 0.2) is 35.2 Å². The van der Waals surface area contributed by atoms with Crippen LogP contribution in [-0.4, -0.2) is 29.9 Å². The molecule has 2 aromatic rings. The number of fused-ring (bicyclic) bond motifs is 3. The Morgan fingerprint density at radius 2 is 1.86 bits per heavy atom. The number of carbonyl (C=O) groups excluding carboxylic acids is 1. The molecule has 5 rings (SSSR count). The Morgan fingerprint density at radius 1 is 1.07 bits per heavy atom. The molecule has 1 N–H and O–H groups in total. The van der Waals surface area contributed by atoms with Gasteiger partial charge in [-0.15, -0.1) is 23.1 Å². The Labute approximate surface area is 181 Å². The second-order valence-corrected chi connectivity index (χ2v) is 10.5. The van der Waals surface area contributed by atoms with E-state index in [0.717, 1.165) is 43.1 Å². The smallest absolute Gasteiger partial charge is 0.257 e. The molecule has 3 aliphatic rings. The number of piperidine rings is 1. The average molecular weight is 425 g/mol. The molecule has 2 aliphatic heterocycles. The lowest BCUT2D eigenvalue weighted by atomic mass is 9.95. The zero-order valence-corrected chi connectivity index (χ0v) is 18.4. The van der Waals surface area contributed by atoms with Crippen LogP contribution in [0.5, 0.6) is 0 Å². The first-order valence-electron chi connectivity index (χ1n) is 10.8. The van der Waals surface area contributed by atoms with Crippen LogP contribution in [0.4, 0.5) is 0 Å². The Balaban J connectivity index is 1.17. The minimum Gasteiger partial charge on any atom is -0.349 e. The summed E-state index contributed by atoms with van der Waals surface area (Å²) in [5, 5.41) is 3.32. The van der Waals surface area contributed by atoms with Gasteiger partial charge in [-0.3, -0.25) is 9.69 Å². The third-order valence-corrected chi connectivity index (χ3v) is 8.67. The standard InChI is InChI=1S/C24H28N2OS2/c27-24(23-14-22-20(16-28-23)19-8-4-5-9-21(19)29-22)25-18-10-12-26(13-11-18)15-17-6-2-1-3-7-17/h1-3,6-7,14,18H,4-5,8-13,15-16H2,(H,25,27). The molecule has 0 atom stereocenters. The maximum Gasteiger partial charge on any atom is 0.257 e. The van der Waals surface area contributed by atoms with E-state index in [0.29, 0.717) is 6.04 Å². The first-order valence-corrected chi connectivity index (χ1v) is 12.6. The van der Waals surface area contributed by atoms with Crippen molar-refractivity contribution >= 4 is 35.1 Å².